The highest BCUT2D eigenvalue weighted by atomic mass is 16.3. The molecule has 0 aliphatic heterocycles. The summed E-state index contributed by atoms with van der Waals surface area (Å²) in [7, 11) is 0. The quantitative estimate of drug-likeness (QED) is 0.789. The number of Topliss-reactive ketones (excluding diaryl/α,β-unsaturated/α-hetero) is 1. The third-order valence-corrected chi connectivity index (χ3v) is 4.89. The fraction of sp³-hybridized carbons (Fsp3) is 0.929. The van der Waals surface area contributed by atoms with Gasteiger partial charge in [-0.1, -0.05) is 19.3 Å². The molecule has 17 heavy (non-hydrogen) atoms. The van der Waals surface area contributed by atoms with Crippen LogP contribution in [0.3, 0.4) is 0 Å². The highest BCUT2D eigenvalue weighted by Crippen LogP contribution is 2.53. The molecule has 0 amide bonds. The van der Waals surface area contributed by atoms with Crippen LogP contribution in [-0.2, 0) is 4.79 Å². The summed E-state index contributed by atoms with van der Waals surface area (Å²) in [6.45, 7) is 0.321. The number of ketones is 1. The number of aliphatic hydroxyl groups is 2. The van der Waals surface area contributed by atoms with E-state index >= 15 is 0 Å². The Balaban J connectivity index is 2.10. The maximum atomic E-state index is 12.6. The molecule has 98 valence electrons. The van der Waals surface area contributed by atoms with Crippen LogP contribution in [0.1, 0.15) is 51.4 Å². The van der Waals surface area contributed by atoms with E-state index in [0.717, 1.165) is 38.5 Å². The molecule has 2 unspecified atom stereocenters. The molecule has 2 fully saturated rings. The maximum Gasteiger partial charge on any atom is 0.142 e. The fourth-order valence-corrected chi connectivity index (χ4v) is 3.96. The first-order valence-corrected chi connectivity index (χ1v) is 7.00. The zero-order valence-electron chi connectivity index (χ0n) is 10.5. The van der Waals surface area contributed by atoms with Crippen molar-refractivity contribution in [3.8, 4) is 0 Å². The molecule has 0 heterocycles. The van der Waals surface area contributed by atoms with Gasteiger partial charge in [0.1, 0.15) is 5.78 Å². The smallest absolute Gasteiger partial charge is 0.142 e. The summed E-state index contributed by atoms with van der Waals surface area (Å²) in [5, 5.41) is 18.4. The third-order valence-electron chi connectivity index (χ3n) is 4.89. The van der Waals surface area contributed by atoms with Gasteiger partial charge in [0, 0.05) is 24.5 Å². The predicted molar refractivity (Wildman–Crippen MR) is 65.5 cm³/mol. The van der Waals surface area contributed by atoms with Crippen LogP contribution in [0, 0.1) is 17.3 Å². The van der Waals surface area contributed by atoms with E-state index in [2.05, 4.69) is 0 Å². The molecule has 2 aliphatic rings. The van der Waals surface area contributed by atoms with Gasteiger partial charge in [0.05, 0.1) is 0 Å². The monoisotopic (exact) mass is 240 g/mol. The Kier molecular flexibility index (Phi) is 4.21. The molecule has 2 N–H and O–H groups in total. The molecule has 2 saturated carbocycles. The molecule has 0 radical (unpaired) electrons. The van der Waals surface area contributed by atoms with Crippen molar-refractivity contribution in [1.29, 1.82) is 0 Å². The van der Waals surface area contributed by atoms with Gasteiger partial charge >= 0.3 is 0 Å². The molecular formula is C14H24O3. The maximum absolute atomic E-state index is 12.6. The third kappa shape index (κ3) is 2.27. The summed E-state index contributed by atoms with van der Waals surface area (Å²) in [5.41, 5.74) is -0.201. The molecular weight excluding hydrogens is 216 g/mol. The van der Waals surface area contributed by atoms with Gasteiger partial charge in [-0.25, -0.2) is 0 Å². The van der Waals surface area contributed by atoms with Crippen molar-refractivity contribution < 1.29 is 15.0 Å². The molecule has 3 heteroatoms. The Hall–Kier alpha value is -0.410. The van der Waals surface area contributed by atoms with Crippen molar-refractivity contribution in [1.82, 2.24) is 0 Å². The standard InChI is InChI=1S/C14H24O3/c15-8-4-5-11-9-12(10-16)14(13(11)17)6-2-1-3-7-14/h11-12,15-16H,1-10H2. The lowest BCUT2D eigenvalue weighted by Gasteiger charge is -2.36. The predicted octanol–water partition coefficient (Wildman–Crippen LogP) is 1.91. The highest BCUT2D eigenvalue weighted by molar-refractivity contribution is 5.89. The van der Waals surface area contributed by atoms with E-state index < -0.39 is 0 Å². The lowest BCUT2D eigenvalue weighted by Crippen LogP contribution is -2.37. The average Bonchev–Trinajstić information content (AvgIpc) is 2.62. The summed E-state index contributed by atoms with van der Waals surface area (Å²) in [6.07, 6.45) is 7.81. The molecule has 2 aliphatic carbocycles. The largest absolute Gasteiger partial charge is 0.396 e. The van der Waals surface area contributed by atoms with Crippen molar-refractivity contribution in [2.45, 2.75) is 51.4 Å². The first kappa shape index (κ1) is 13.0. The van der Waals surface area contributed by atoms with Gasteiger partial charge in [-0.05, 0) is 38.0 Å². The molecule has 0 aromatic heterocycles. The van der Waals surface area contributed by atoms with Crippen molar-refractivity contribution in [3.05, 3.63) is 0 Å². The number of carbonyl (C=O) groups is 1. The molecule has 2 atom stereocenters. The van der Waals surface area contributed by atoms with Crippen molar-refractivity contribution in [2.24, 2.45) is 17.3 Å². The van der Waals surface area contributed by atoms with E-state index in [0.29, 0.717) is 12.2 Å². The van der Waals surface area contributed by atoms with E-state index in [-0.39, 0.29) is 30.5 Å². The molecule has 0 aromatic carbocycles. The minimum absolute atomic E-state index is 0.0948. The first-order chi connectivity index (χ1) is 8.24. The summed E-state index contributed by atoms with van der Waals surface area (Å²) < 4.78 is 0. The van der Waals surface area contributed by atoms with Crippen LogP contribution in [0.25, 0.3) is 0 Å². The molecule has 2 rings (SSSR count). The van der Waals surface area contributed by atoms with Gasteiger partial charge < -0.3 is 10.2 Å². The minimum Gasteiger partial charge on any atom is -0.396 e. The van der Waals surface area contributed by atoms with Crippen molar-refractivity contribution in [3.63, 3.8) is 0 Å². The topological polar surface area (TPSA) is 57.5 Å². The Morgan fingerprint density at radius 1 is 1.18 bits per heavy atom. The van der Waals surface area contributed by atoms with E-state index in [4.69, 9.17) is 5.11 Å². The first-order valence-electron chi connectivity index (χ1n) is 7.00. The number of carbonyl (C=O) groups excluding carboxylic acids is 1. The van der Waals surface area contributed by atoms with Crippen molar-refractivity contribution >= 4 is 5.78 Å². The van der Waals surface area contributed by atoms with E-state index in [1.807, 2.05) is 0 Å². The average molecular weight is 240 g/mol. The van der Waals surface area contributed by atoms with Crippen LogP contribution in [0.5, 0.6) is 0 Å². The molecule has 0 saturated heterocycles. The lowest BCUT2D eigenvalue weighted by atomic mass is 9.67. The van der Waals surface area contributed by atoms with Gasteiger partial charge in [-0.3, -0.25) is 4.79 Å². The zero-order chi connectivity index (χ0) is 12.3. The highest BCUT2D eigenvalue weighted by Gasteiger charge is 2.53. The van der Waals surface area contributed by atoms with Crippen LogP contribution in [0.15, 0.2) is 0 Å². The van der Waals surface area contributed by atoms with Gasteiger partial charge in [0.2, 0.25) is 0 Å². The molecule has 1 spiro atoms. The number of hydrogen-bond donors (Lipinski definition) is 2. The Morgan fingerprint density at radius 2 is 1.88 bits per heavy atom. The van der Waals surface area contributed by atoms with Crippen LogP contribution in [0.2, 0.25) is 0 Å². The lowest BCUT2D eigenvalue weighted by molar-refractivity contribution is -0.132. The number of aliphatic hydroxyl groups excluding tert-OH is 2. The Morgan fingerprint density at radius 3 is 2.47 bits per heavy atom. The van der Waals surface area contributed by atoms with Crippen LogP contribution in [0.4, 0.5) is 0 Å². The SMILES string of the molecule is O=C1C(CCCO)CC(CO)C12CCCCC2. The van der Waals surface area contributed by atoms with Crippen LogP contribution < -0.4 is 0 Å². The van der Waals surface area contributed by atoms with E-state index in [1.165, 1.54) is 6.42 Å². The summed E-state index contributed by atoms with van der Waals surface area (Å²) >= 11 is 0. The van der Waals surface area contributed by atoms with Gasteiger partial charge in [0.15, 0.2) is 0 Å². The zero-order valence-corrected chi connectivity index (χ0v) is 10.5. The normalized spacial score (nSPS) is 32.2. The molecule has 0 aromatic rings. The number of rotatable bonds is 4. The van der Waals surface area contributed by atoms with Crippen molar-refractivity contribution in [2.75, 3.05) is 13.2 Å². The van der Waals surface area contributed by atoms with E-state index in [1.54, 1.807) is 0 Å². The minimum atomic E-state index is -0.201. The summed E-state index contributed by atoms with van der Waals surface area (Å²) in [6, 6.07) is 0. The van der Waals surface area contributed by atoms with Gasteiger partial charge in [0.25, 0.3) is 0 Å². The Bertz CT molecular complexity index is 269. The Labute approximate surface area is 103 Å². The second kappa shape index (κ2) is 5.49. The number of hydrogen-bond acceptors (Lipinski definition) is 3. The fourth-order valence-electron chi connectivity index (χ4n) is 3.96. The second-order valence-electron chi connectivity index (χ2n) is 5.76. The molecule has 3 nitrogen and oxygen atoms in total. The van der Waals surface area contributed by atoms with Gasteiger partial charge in [-0.2, -0.15) is 0 Å². The van der Waals surface area contributed by atoms with Crippen LogP contribution in [-0.4, -0.2) is 29.2 Å². The second-order valence-corrected chi connectivity index (χ2v) is 5.76. The van der Waals surface area contributed by atoms with Crippen LogP contribution >= 0.6 is 0 Å². The molecule has 0 bridgehead atoms. The van der Waals surface area contributed by atoms with Gasteiger partial charge in [-0.15, -0.1) is 0 Å². The summed E-state index contributed by atoms with van der Waals surface area (Å²) in [4.78, 5) is 12.6. The van der Waals surface area contributed by atoms with E-state index in [9.17, 15) is 9.90 Å². The summed E-state index contributed by atoms with van der Waals surface area (Å²) in [5.74, 6) is 0.668.